The van der Waals surface area contributed by atoms with Gasteiger partial charge in [-0.25, -0.2) is 8.42 Å². The molecule has 29 heavy (non-hydrogen) atoms. The summed E-state index contributed by atoms with van der Waals surface area (Å²) in [6, 6.07) is 14.1. The van der Waals surface area contributed by atoms with Crippen LogP contribution in [0.15, 0.2) is 48.5 Å². The largest absolute Gasteiger partial charge is 0.494 e. The lowest BCUT2D eigenvalue weighted by atomic mass is 10.2. The van der Waals surface area contributed by atoms with Crippen LogP contribution in [0.25, 0.3) is 0 Å². The molecule has 2 aromatic carbocycles. The first-order valence-corrected chi connectivity index (χ1v) is 11.3. The molecule has 0 saturated heterocycles. The molecule has 0 aliphatic heterocycles. The maximum absolute atomic E-state index is 12.5. The highest BCUT2D eigenvalue weighted by atomic mass is 32.2. The van der Waals surface area contributed by atoms with E-state index >= 15 is 0 Å². The number of sulfonamides is 1. The van der Waals surface area contributed by atoms with Crippen molar-refractivity contribution in [2.24, 2.45) is 0 Å². The molecule has 0 saturated carbocycles. The Morgan fingerprint density at radius 1 is 1.10 bits per heavy atom. The van der Waals surface area contributed by atoms with Crippen LogP contribution in [0.5, 0.6) is 11.5 Å². The lowest BCUT2D eigenvalue weighted by molar-refractivity contribution is -0.128. The summed E-state index contributed by atoms with van der Waals surface area (Å²) in [5.74, 6) is 1.05. The number of rotatable bonds is 10. The van der Waals surface area contributed by atoms with Crippen LogP contribution in [-0.2, 0) is 21.4 Å². The Morgan fingerprint density at radius 3 is 2.38 bits per heavy atom. The zero-order chi connectivity index (χ0) is 21.4. The molecular formula is C21H28N2O5S. The number of amides is 1. The Balaban J connectivity index is 1.97. The summed E-state index contributed by atoms with van der Waals surface area (Å²) in [6.07, 6.45) is 0.984. The number of nitrogens with zero attached hydrogens (tertiary/aromatic N) is 1. The fraction of sp³-hybridized carbons (Fsp3) is 0.381. The van der Waals surface area contributed by atoms with Gasteiger partial charge in [0.05, 0.1) is 18.6 Å². The predicted molar refractivity (Wildman–Crippen MR) is 114 cm³/mol. The molecule has 7 nitrogen and oxygen atoms in total. The zero-order valence-electron chi connectivity index (χ0n) is 17.2. The maximum atomic E-state index is 12.5. The Hall–Kier alpha value is -2.74. The quantitative estimate of drug-likeness (QED) is 0.639. The van der Waals surface area contributed by atoms with Gasteiger partial charge in [-0.2, -0.15) is 0 Å². The standard InChI is InChI=1S/C21H28N2O5S/c1-5-20(21(24)22-15-16-8-7-9-19(14-16)27-6-2)28-18-12-10-17(11-13-18)23(3)29(4,25)26/h7-14,20H,5-6,15H2,1-4H3,(H,22,24)/t20-/m1/s1. The van der Waals surface area contributed by atoms with E-state index in [0.717, 1.165) is 17.6 Å². The summed E-state index contributed by atoms with van der Waals surface area (Å²) in [4.78, 5) is 12.5. The molecule has 0 aliphatic carbocycles. The summed E-state index contributed by atoms with van der Waals surface area (Å²) in [5.41, 5.74) is 1.46. The van der Waals surface area contributed by atoms with E-state index in [4.69, 9.17) is 9.47 Å². The number of benzene rings is 2. The second-order valence-corrected chi connectivity index (χ2v) is 8.55. The van der Waals surface area contributed by atoms with Gasteiger partial charge in [0.1, 0.15) is 11.5 Å². The van der Waals surface area contributed by atoms with Crippen molar-refractivity contribution in [3.8, 4) is 11.5 Å². The molecule has 0 unspecified atom stereocenters. The van der Waals surface area contributed by atoms with E-state index in [0.29, 0.717) is 31.0 Å². The van der Waals surface area contributed by atoms with Gasteiger partial charge >= 0.3 is 0 Å². The maximum Gasteiger partial charge on any atom is 0.261 e. The molecule has 8 heteroatoms. The van der Waals surface area contributed by atoms with Gasteiger partial charge in [-0.05, 0) is 55.3 Å². The fourth-order valence-electron chi connectivity index (χ4n) is 2.63. The summed E-state index contributed by atoms with van der Waals surface area (Å²) >= 11 is 0. The number of hydrogen-bond donors (Lipinski definition) is 1. The molecule has 1 atom stereocenters. The lowest BCUT2D eigenvalue weighted by Crippen LogP contribution is -2.37. The molecule has 158 valence electrons. The molecular weight excluding hydrogens is 392 g/mol. The van der Waals surface area contributed by atoms with Gasteiger partial charge in [0.25, 0.3) is 5.91 Å². The minimum Gasteiger partial charge on any atom is -0.494 e. The van der Waals surface area contributed by atoms with Crippen LogP contribution in [0.3, 0.4) is 0 Å². The van der Waals surface area contributed by atoms with Gasteiger partial charge in [-0.3, -0.25) is 9.10 Å². The van der Waals surface area contributed by atoms with Crippen LogP contribution in [-0.4, -0.2) is 40.3 Å². The molecule has 2 rings (SSSR count). The number of carbonyl (C=O) groups excluding carboxylic acids is 1. The highest BCUT2D eigenvalue weighted by Gasteiger charge is 2.19. The van der Waals surface area contributed by atoms with Gasteiger partial charge in [0, 0.05) is 13.6 Å². The van der Waals surface area contributed by atoms with Crippen molar-refractivity contribution in [2.75, 3.05) is 24.2 Å². The number of ether oxygens (including phenoxy) is 2. The number of carbonyl (C=O) groups is 1. The van der Waals surface area contributed by atoms with Crippen molar-refractivity contribution < 1.29 is 22.7 Å². The van der Waals surface area contributed by atoms with E-state index in [1.807, 2.05) is 38.1 Å². The average Bonchev–Trinajstić information content (AvgIpc) is 2.70. The van der Waals surface area contributed by atoms with Crippen LogP contribution in [0, 0.1) is 0 Å². The molecule has 0 aromatic heterocycles. The second-order valence-electron chi connectivity index (χ2n) is 6.54. The van der Waals surface area contributed by atoms with E-state index in [9.17, 15) is 13.2 Å². The van der Waals surface area contributed by atoms with E-state index in [2.05, 4.69) is 5.32 Å². The van der Waals surface area contributed by atoms with E-state index < -0.39 is 16.1 Å². The number of anilines is 1. The number of nitrogens with one attached hydrogen (secondary N) is 1. The van der Waals surface area contributed by atoms with Crippen molar-refractivity contribution in [3.05, 3.63) is 54.1 Å². The highest BCUT2D eigenvalue weighted by molar-refractivity contribution is 7.92. The van der Waals surface area contributed by atoms with Crippen LogP contribution < -0.4 is 19.1 Å². The highest BCUT2D eigenvalue weighted by Crippen LogP contribution is 2.21. The Morgan fingerprint density at radius 2 is 1.79 bits per heavy atom. The summed E-state index contributed by atoms with van der Waals surface area (Å²) < 4.78 is 35.7. The molecule has 1 N–H and O–H groups in total. The Bertz CT molecular complexity index is 913. The van der Waals surface area contributed by atoms with Crippen molar-refractivity contribution >= 4 is 21.6 Å². The van der Waals surface area contributed by atoms with E-state index in [-0.39, 0.29) is 5.91 Å². The summed E-state index contributed by atoms with van der Waals surface area (Å²) in [5, 5.41) is 2.88. The third kappa shape index (κ3) is 6.67. The first kappa shape index (κ1) is 22.5. The molecule has 0 heterocycles. The molecule has 0 aliphatic rings. The van der Waals surface area contributed by atoms with Crippen LogP contribution >= 0.6 is 0 Å². The first-order chi connectivity index (χ1) is 13.7. The molecule has 0 spiro atoms. The van der Waals surface area contributed by atoms with Crippen molar-refractivity contribution in [1.82, 2.24) is 5.32 Å². The number of hydrogen-bond acceptors (Lipinski definition) is 5. The summed E-state index contributed by atoms with van der Waals surface area (Å²) in [6.45, 7) is 4.74. The lowest BCUT2D eigenvalue weighted by Gasteiger charge is -2.19. The Labute approximate surface area is 172 Å². The first-order valence-electron chi connectivity index (χ1n) is 9.44. The molecule has 2 aromatic rings. The van der Waals surface area contributed by atoms with Crippen molar-refractivity contribution in [2.45, 2.75) is 32.9 Å². The normalized spacial score (nSPS) is 12.1. The third-order valence-corrected chi connectivity index (χ3v) is 5.52. The van der Waals surface area contributed by atoms with Gasteiger partial charge in [-0.15, -0.1) is 0 Å². The minimum absolute atomic E-state index is 0.216. The summed E-state index contributed by atoms with van der Waals surface area (Å²) in [7, 11) is -1.85. The zero-order valence-corrected chi connectivity index (χ0v) is 18.0. The Kier molecular flexibility index (Phi) is 7.90. The van der Waals surface area contributed by atoms with Crippen LogP contribution in [0.2, 0.25) is 0 Å². The van der Waals surface area contributed by atoms with Gasteiger partial charge in [0.15, 0.2) is 6.10 Å². The van der Waals surface area contributed by atoms with Gasteiger partial charge < -0.3 is 14.8 Å². The monoisotopic (exact) mass is 420 g/mol. The molecule has 1 amide bonds. The smallest absolute Gasteiger partial charge is 0.261 e. The predicted octanol–water partition coefficient (Wildman–Crippen LogP) is 2.95. The molecule has 0 radical (unpaired) electrons. The van der Waals surface area contributed by atoms with Crippen LogP contribution in [0.1, 0.15) is 25.8 Å². The molecule has 0 fully saturated rings. The fourth-order valence-corrected chi connectivity index (χ4v) is 3.13. The van der Waals surface area contributed by atoms with Crippen molar-refractivity contribution in [1.29, 1.82) is 0 Å². The third-order valence-electron chi connectivity index (χ3n) is 4.32. The second kappa shape index (κ2) is 10.2. The van der Waals surface area contributed by atoms with E-state index in [1.165, 1.54) is 11.4 Å². The topological polar surface area (TPSA) is 84.9 Å². The van der Waals surface area contributed by atoms with Gasteiger partial charge in [-0.1, -0.05) is 19.1 Å². The van der Waals surface area contributed by atoms with E-state index in [1.54, 1.807) is 24.3 Å². The van der Waals surface area contributed by atoms with Crippen molar-refractivity contribution in [3.63, 3.8) is 0 Å². The average molecular weight is 421 g/mol. The van der Waals surface area contributed by atoms with Crippen LogP contribution in [0.4, 0.5) is 5.69 Å². The van der Waals surface area contributed by atoms with Gasteiger partial charge in [0.2, 0.25) is 10.0 Å². The SMILES string of the molecule is CCOc1cccc(CNC(=O)[C@@H](CC)Oc2ccc(N(C)S(C)(=O)=O)cc2)c1. The molecule has 0 bridgehead atoms. The minimum atomic E-state index is -3.33.